The van der Waals surface area contributed by atoms with E-state index in [0.717, 1.165) is 19.2 Å². The number of halogens is 3. The maximum absolute atomic E-state index is 12.5. The van der Waals surface area contributed by atoms with Crippen LogP contribution in [0.25, 0.3) is 0 Å². The van der Waals surface area contributed by atoms with Gasteiger partial charge in [-0.3, -0.25) is 0 Å². The van der Waals surface area contributed by atoms with Gasteiger partial charge in [-0.2, -0.15) is 0 Å². The lowest BCUT2D eigenvalue weighted by atomic mass is 9.80. The van der Waals surface area contributed by atoms with Crippen LogP contribution in [-0.2, 0) is 14.3 Å². The third-order valence-electron chi connectivity index (χ3n) is 3.82. The molecule has 2 N–H and O–H groups in total. The molecule has 1 atom stereocenters. The molecule has 1 aliphatic rings. The normalized spacial score (nSPS) is 17.7. The van der Waals surface area contributed by atoms with E-state index in [2.05, 4.69) is 10.1 Å². The summed E-state index contributed by atoms with van der Waals surface area (Å²) in [4.78, 5) is 23.9. The molecular formula is C17H16F3NO5. The number of ether oxygens (including phenoxy) is 2. The molecule has 0 aromatic heterocycles. The number of hydrogen-bond donors (Lipinski definition) is 2. The lowest BCUT2D eigenvalue weighted by molar-refractivity contribution is -0.274. The van der Waals surface area contributed by atoms with E-state index < -0.39 is 30.0 Å². The number of carbonyl (C=O) groups excluding carboxylic acids is 1. The third kappa shape index (κ3) is 3.98. The summed E-state index contributed by atoms with van der Waals surface area (Å²) in [5.41, 5.74) is 0.617. The van der Waals surface area contributed by atoms with Gasteiger partial charge in [0.05, 0.1) is 24.2 Å². The molecule has 0 fully saturated rings. The first-order chi connectivity index (χ1) is 12.0. The predicted molar refractivity (Wildman–Crippen MR) is 84.1 cm³/mol. The summed E-state index contributed by atoms with van der Waals surface area (Å²) in [6, 6.07) is 4.85. The molecule has 0 spiro atoms. The van der Waals surface area contributed by atoms with Crippen LogP contribution < -0.4 is 10.1 Å². The van der Waals surface area contributed by atoms with Gasteiger partial charge in [-0.05, 0) is 31.5 Å². The Hall–Kier alpha value is -2.97. The molecule has 0 saturated carbocycles. The van der Waals surface area contributed by atoms with Crippen LogP contribution in [0.1, 0.15) is 25.3 Å². The minimum absolute atomic E-state index is 0.000316. The van der Waals surface area contributed by atoms with Crippen molar-refractivity contribution in [3.63, 3.8) is 0 Å². The second-order valence-electron chi connectivity index (χ2n) is 5.55. The molecule has 1 aromatic carbocycles. The van der Waals surface area contributed by atoms with E-state index in [1.807, 2.05) is 0 Å². The Balaban J connectivity index is 2.63. The average molecular weight is 371 g/mol. The Labute approximate surface area is 146 Å². The van der Waals surface area contributed by atoms with E-state index in [4.69, 9.17) is 4.74 Å². The summed E-state index contributed by atoms with van der Waals surface area (Å²) in [6.07, 6.45) is -4.90. The number of alkyl halides is 3. The highest BCUT2D eigenvalue weighted by Gasteiger charge is 2.37. The Bertz CT molecular complexity index is 811. The molecule has 1 unspecified atom stereocenters. The molecule has 26 heavy (non-hydrogen) atoms. The molecule has 1 aliphatic heterocycles. The number of nitrogens with one attached hydrogen (secondary N) is 1. The van der Waals surface area contributed by atoms with Gasteiger partial charge < -0.3 is 19.9 Å². The van der Waals surface area contributed by atoms with Crippen molar-refractivity contribution in [1.29, 1.82) is 0 Å². The Kier molecular flexibility index (Phi) is 5.29. The van der Waals surface area contributed by atoms with Crippen molar-refractivity contribution in [3.05, 3.63) is 52.4 Å². The predicted octanol–water partition coefficient (Wildman–Crippen LogP) is 3.08. The lowest BCUT2D eigenvalue weighted by Crippen LogP contribution is -2.31. The zero-order chi connectivity index (χ0) is 19.6. The summed E-state index contributed by atoms with van der Waals surface area (Å²) in [7, 11) is 1.13. The van der Waals surface area contributed by atoms with E-state index in [0.29, 0.717) is 5.70 Å². The summed E-state index contributed by atoms with van der Waals surface area (Å²) in [5.74, 6) is -3.72. The number of allylic oxidation sites excluding steroid dienone is 2. The third-order valence-corrected chi connectivity index (χ3v) is 3.82. The van der Waals surface area contributed by atoms with Gasteiger partial charge in [0.2, 0.25) is 0 Å². The molecule has 2 rings (SSSR count). The Morgan fingerprint density at radius 2 is 1.77 bits per heavy atom. The number of hydrogen-bond acceptors (Lipinski definition) is 5. The molecule has 9 heteroatoms. The van der Waals surface area contributed by atoms with Gasteiger partial charge in [0, 0.05) is 11.4 Å². The summed E-state index contributed by atoms with van der Waals surface area (Å²) < 4.78 is 46.1. The van der Waals surface area contributed by atoms with Crippen LogP contribution in [0.2, 0.25) is 0 Å². The SMILES string of the molecule is COC(=O)C1=C(C)NC(C)=C(C(=O)O)C1c1cccc(OC(F)(F)F)c1. The van der Waals surface area contributed by atoms with Gasteiger partial charge in [-0.15, -0.1) is 13.2 Å². The van der Waals surface area contributed by atoms with Gasteiger partial charge in [0.25, 0.3) is 0 Å². The number of dihydropyridines is 1. The number of rotatable bonds is 4. The van der Waals surface area contributed by atoms with E-state index in [9.17, 15) is 27.9 Å². The Morgan fingerprint density at radius 1 is 1.15 bits per heavy atom. The number of carbonyl (C=O) groups is 2. The molecule has 0 radical (unpaired) electrons. The highest BCUT2D eigenvalue weighted by Crippen LogP contribution is 2.40. The molecular weight excluding hydrogens is 355 g/mol. The van der Waals surface area contributed by atoms with Crippen molar-refractivity contribution in [2.45, 2.75) is 26.1 Å². The van der Waals surface area contributed by atoms with Crippen molar-refractivity contribution >= 4 is 11.9 Å². The quantitative estimate of drug-likeness (QED) is 0.792. The highest BCUT2D eigenvalue weighted by molar-refractivity contribution is 5.99. The first-order valence-electron chi connectivity index (χ1n) is 7.41. The Morgan fingerprint density at radius 3 is 2.31 bits per heavy atom. The van der Waals surface area contributed by atoms with Crippen LogP contribution in [0.4, 0.5) is 13.2 Å². The topological polar surface area (TPSA) is 84.9 Å². The van der Waals surface area contributed by atoms with Gasteiger partial charge in [0.1, 0.15) is 5.75 Å². The average Bonchev–Trinajstić information content (AvgIpc) is 2.51. The van der Waals surface area contributed by atoms with Crippen molar-refractivity contribution in [2.75, 3.05) is 7.11 Å². The maximum Gasteiger partial charge on any atom is 0.573 e. The maximum atomic E-state index is 12.5. The molecule has 0 amide bonds. The van der Waals surface area contributed by atoms with Gasteiger partial charge in [-0.1, -0.05) is 12.1 Å². The van der Waals surface area contributed by atoms with Gasteiger partial charge >= 0.3 is 18.3 Å². The lowest BCUT2D eigenvalue weighted by Gasteiger charge is -2.29. The van der Waals surface area contributed by atoms with E-state index in [-0.39, 0.29) is 22.4 Å². The second kappa shape index (κ2) is 7.11. The zero-order valence-corrected chi connectivity index (χ0v) is 14.1. The van der Waals surface area contributed by atoms with Crippen LogP contribution in [-0.4, -0.2) is 30.5 Å². The largest absolute Gasteiger partial charge is 0.573 e. The second-order valence-corrected chi connectivity index (χ2v) is 5.55. The fourth-order valence-corrected chi connectivity index (χ4v) is 2.88. The first-order valence-corrected chi connectivity index (χ1v) is 7.41. The minimum atomic E-state index is -4.90. The number of aliphatic carboxylic acids is 1. The first kappa shape index (κ1) is 19.4. The molecule has 1 aromatic rings. The molecule has 140 valence electrons. The number of esters is 1. The van der Waals surface area contributed by atoms with Crippen LogP contribution in [0.5, 0.6) is 5.75 Å². The van der Waals surface area contributed by atoms with Crippen molar-refractivity contribution in [1.82, 2.24) is 5.32 Å². The zero-order valence-electron chi connectivity index (χ0n) is 14.1. The van der Waals surface area contributed by atoms with Crippen LogP contribution in [0.15, 0.2) is 46.8 Å². The number of carboxylic acid groups (broad SMARTS) is 1. The van der Waals surface area contributed by atoms with Crippen molar-refractivity contribution < 1.29 is 37.3 Å². The number of methoxy groups -OCH3 is 1. The smallest absolute Gasteiger partial charge is 0.478 e. The van der Waals surface area contributed by atoms with Crippen molar-refractivity contribution in [2.24, 2.45) is 0 Å². The summed E-state index contributed by atoms with van der Waals surface area (Å²) >= 11 is 0. The highest BCUT2D eigenvalue weighted by atomic mass is 19.4. The minimum Gasteiger partial charge on any atom is -0.478 e. The summed E-state index contributed by atoms with van der Waals surface area (Å²) in [5, 5.41) is 12.4. The molecule has 6 nitrogen and oxygen atoms in total. The molecule has 1 heterocycles. The van der Waals surface area contributed by atoms with Gasteiger partial charge in [0.15, 0.2) is 0 Å². The number of carboxylic acids is 1. The molecule has 0 bridgehead atoms. The number of benzene rings is 1. The fraction of sp³-hybridized carbons (Fsp3) is 0.294. The van der Waals surface area contributed by atoms with Gasteiger partial charge in [-0.25, -0.2) is 9.59 Å². The fourth-order valence-electron chi connectivity index (χ4n) is 2.88. The van der Waals surface area contributed by atoms with E-state index in [1.165, 1.54) is 19.1 Å². The van der Waals surface area contributed by atoms with E-state index >= 15 is 0 Å². The standard InChI is InChI=1S/C17H16F3NO5/c1-8-12(15(22)23)14(13(9(2)21-8)16(24)25-3)10-5-4-6-11(7-10)26-17(18,19)20/h4-7,14,21H,1-3H3,(H,22,23). The van der Waals surface area contributed by atoms with Crippen LogP contribution >= 0.6 is 0 Å². The van der Waals surface area contributed by atoms with E-state index in [1.54, 1.807) is 6.92 Å². The molecule has 0 aliphatic carbocycles. The summed E-state index contributed by atoms with van der Waals surface area (Å²) in [6.45, 7) is 3.06. The van der Waals surface area contributed by atoms with Crippen molar-refractivity contribution in [3.8, 4) is 5.75 Å². The van der Waals surface area contributed by atoms with Crippen LogP contribution in [0, 0.1) is 0 Å². The van der Waals surface area contributed by atoms with Crippen LogP contribution in [0.3, 0.4) is 0 Å². The molecule has 0 saturated heterocycles. The monoisotopic (exact) mass is 371 g/mol.